The van der Waals surface area contributed by atoms with Crippen molar-refractivity contribution in [3.8, 4) is 11.5 Å². The van der Waals surface area contributed by atoms with Gasteiger partial charge in [-0.25, -0.2) is 5.43 Å². The second-order valence-corrected chi connectivity index (χ2v) is 7.50. The predicted molar refractivity (Wildman–Crippen MR) is 111 cm³/mol. The van der Waals surface area contributed by atoms with Crippen LogP contribution in [-0.2, 0) is 0 Å². The summed E-state index contributed by atoms with van der Waals surface area (Å²) in [5.41, 5.74) is 3.00. The van der Waals surface area contributed by atoms with Crippen LogP contribution in [0, 0.1) is 10.1 Å². The quantitative estimate of drug-likeness (QED) is 0.318. The maximum atomic E-state index is 12.3. The van der Waals surface area contributed by atoms with Gasteiger partial charge in [0.25, 0.3) is 11.6 Å². The largest absolute Gasteiger partial charge is 0.504 e. The molecule has 3 aromatic rings. The highest BCUT2D eigenvalue weighted by atomic mass is 79.9. The van der Waals surface area contributed by atoms with Crippen molar-refractivity contribution in [3.63, 3.8) is 0 Å². The normalized spacial score (nSPS) is 11.1. The van der Waals surface area contributed by atoms with Crippen LogP contribution in [0.25, 0.3) is 10.1 Å². The fourth-order valence-corrected chi connectivity index (χ4v) is 3.77. The van der Waals surface area contributed by atoms with Gasteiger partial charge in [0.2, 0.25) is 0 Å². The average Bonchev–Trinajstić information content (AvgIpc) is 3.08. The highest BCUT2D eigenvalue weighted by Crippen LogP contribution is 2.32. The first-order valence-corrected chi connectivity index (χ1v) is 9.66. The van der Waals surface area contributed by atoms with Crippen molar-refractivity contribution in [1.29, 1.82) is 0 Å². The van der Waals surface area contributed by atoms with Crippen LogP contribution in [0.4, 0.5) is 5.69 Å². The lowest BCUT2D eigenvalue weighted by Gasteiger charge is -2.08. The number of non-ortho nitro benzene ring substituents is 1. The smallest absolute Gasteiger partial charge is 0.281 e. The highest BCUT2D eigenvalue weighted by molar-refractivity contribution is 9.10. The molecule has 0 spiro atoms. The molecular formula is C18H14BrN3O5S. The summed E-state index contributed by atoms with van der Waals surface area (Å²) in [6.45, 7) is 2.20. The van der Waals surface area contributed by atoms with Crippen molar-refractivity contribution >= 4 is 55.2 Å². The number of amides is 1. The summed E-state index contributed by atoms with van der Waals surface area (Å²) in [6, 6.07) is 9.10. The Kier molecular flexibility index (Phi) is 5.90. The Balaban J connectivity index is 1.76. The summed E-state index contributed by atoms with van der Waals surface area (Å²) in [5, 5.41) is 25.2. The average molecular weight is 464 g/mol. The van der Waals surface area contributed by atoms with E-state index in [1.807, 2.05) is 0 Å². The molecule has 0 saturated heterocycles. The molecule has 0 radical (unpaired) electrons. The third-order valence-corrected chi connectivity index (χ3v) is 5.48. The fraction of sp³-hybridized carbons (Fsp3) is 0.111. The minimum absolute atomic E-state index is 0.00530. The number of thiophene rings is 1. The van der Waals surface area contributed by atoms with Gasteiger partial charge in [-0.2, -0.15) is 5.10 Å². The number of hydrogen-bond donors (Lipinski definition) is 2. The number of rotatable bonds is 6. The Morgan fingerprint density at radius 1 is 1.39 bits per heavy atom. The van der Waals surface area contributed by atoms with Crippen LogP contribution in [0.15, 0.2) is 46.0 Å². The number of nitrogens with zero attached hydrogens (tertiary/aromatic N) is 2. The van der Waals surface area contributed by atoms with E-state index in [2.05, 4.69) is 26.5 Å². The van der Waals surface area contributed by atoms with Gasteiger partial charge < -0.3 is 9.84 Å². The number of ether oxygens (including phenoxy) is 1. The lowest BCUT2D eigenvalue weighted by Crippen LogP contribution is -2.16. The zero-order valence-electron chi connectivity index (χ0n) is 14.5. The summed E-state index contributed by atoms with van der Waals surface area (Å²) >= 11 is 4.53. The number of nitro groups is 1. The molecule has 0 unspecified atom stereocenters. The minimum Gasteiger partial charge on any atom is -0.504 e. The zero-order valence-corrected chi connectivity index (χ0v) is 16.9. The van der Waals surface area contributed by atoms with Crippen molar-refractivity contribution in [3.05, 3.63) is 61.4 Å². The van der Waals surface area contributed by atoms with Crippen LogP contribution in [-0.4, -0.2) is 28.8 Å². The van der Waals surface area contributed by atoms with E-state index in [9.17, 15) is 20.0 Å². The van der Waals surface area contributed by atoms with Crippen LogP contribution in [0.3, 0.4) is 0 Å². The number of aromatic hydroxyl groups is 1. The molecule has 8 nitrogen and oxygen atoms in total. The van der Waals surface area contributed by atoms with Gasteiger partial charge in [-0.15, -0.1) is 11.3 Å². The first-order valence-electron chi connectivity index (χ1n) is 8.05. The first kappa shape index (κ1) is 19.8. The third-order valence-electron chi connectivity index (χ3n) is 3.68. The van der Waals surface area contributed by atoms with Crippen molar-refractivity contribution in [2.24, 2.45) is 5.10 Å². The Labute approximate surface area is 171 Å². The van der Waals surface area contributed by atoms with E-state index < -0.39 is 10.8 Å². The molecule has 2 aromatic carbocycles. The molecule has 1 heterocycles. The molecule has 1 aromatic heterocycles. The zero-order chi connectivity index (χ0) is 20.3. The SMILES string of the molecule is CCOc1cc(/C=N/NC(=O)c2cc3cc([N+](=O)[O-])ccc3s2)c(Br)cc1O. The second kappa shape index (κ2) is 8.36. The number of carbonyl (C=O) groups is 1. The summed E-state index contributed by atoms with van der Waals surface area (Å²) in [5.74, 6) is -0.126. The van der Waals surface area contributed by atoms with Gasteiger partial charge in [-0.3, -0.25) is 14.9 Å². The Morgan fingerprint density at radius 3 is 2.89 bits per heavy atom. The van der Waals surface area contributed by atoms with E-state index >= 15 is 0 Å². The lowest BCUT2D eigenvalue weighted by molar-refractivity contribution is -0.384. The number of nitro benzene ring substituents is 1. The Morgan fingerprint density at radius 2 is 2.18 bits per heavy atom. The summed E-state index contributed by atoms with van der Waals surface area (Å²) in [6.07, 6.45) is 1.42. The Bertz CT molecular complexity index is 1100. The third kappa shape index (κ3) is 4.29. The van der Waals surface area contributed by atoms with E-state index in [-0.39, 0.29) is 11.4 Å². The number of fused-ring (bicyclic) bond motifs is 1. The van der Waals surface area contributed by atoms with Gasteiger partial charge >= 0.3 is 0 Å². The van der Waals surface area contributed by atoms with E-state index in [1.54, 1.807) is 25.1 Å². The predicted octanol–water partition coefficient (Wildman–Crippen LogP) is 4.44. The van der Waals surface area contributed by atoms with E-state index in [4.69, 9.17) is 4.74 Å². The first-order chi connectivity index (χ1) is 13.4. The fourth-order valence-electron chi connectivity index (χ4n) is 2.40. The molecule has 0 aliphatic rings. The van der Waals surface area contributed by atoms with E-state index in [0.717, 1.165) is 4.70 Å². The molecule has 0 saturated carbocycles. The number of hydrazone groups is 1. The Hall–Kier alpha value is -2.98. The van der Waals surface area contributed by atoms with Gasteiger partial charge in [0.15, 0.2) is 11.5 Å². The molecule has 1 amide bonds. The summed E-state index contributed by atoms with van der Waals surface area (Å²) in [4.78, 5) is 23.1. The molecule has 0 aliphatic heterocycles. The maximum Gasteiger partial charge on any atom is 0.281 e. The molecule has 0 atom stereocenters. The highest BCUT2D eigenvalue weighted by Gasteiger charge is 2.13. The van der Waals surface area contributed by atoms with Crippen LogP contribution in [0.1, 0.15) is 22.2 Å². The molecule has 10 heteroatoms. The van der Waals surface area contributed by atoms with Crippen molar-refractivity contribution in [2.45, 2.75) is 6.92 Å². The molecule has 144 valence electrons. The van der Waals surface area contributed by atoms with Gasteiger partial charge in [0, 0.05) is 32.3 Å². The number of hydrogen-bond acceptors (Lipinski definition) is 7. The molecule has 2 N–H and O–H groups in total. The number of carbonyl (C=O) groups excluding carboxylic acids is 1. The van der Waals surface area contributed by atoms with E-state index in [1.165, 1.54) is 35.8 Å². The molecule has 0 fully saturated rings. The van der Waals surface area contributed by atoms with Crippen LogP contribution in [0.2, 0.25) is 0 Å². The van der Waals surface area contributed by atoms with Crippen molar-refractivity contribution in [2.75, 3.05) is 6.61 Å². The number of nitrogens with one attached hydrogen (secondary N) is 1. The van der Waals surface area contributed by atoms with Crippen LogP contribution >= 0.6 is 27.3 Å². The van der Waals surface area contributed by atoms with Gasteiger partial charge in [0.1, 0.15) is 0 Å². The summed E-state index contributed by atoms with van der Waals surface area (Å²) < 4.78 is 6.67. The number of halogens is 1. The minimum atomic E-state index is -0.479. The molecule has 0 aliphatic carbocycles. The number of phenols is 1. The monoisotopic (exact) mass is 463 g/mol. The van der Waals surface area contributed by atoms with Crippen molar-refractivity contribution in [1.82, 2.24) is 5.43 Å². The molecule has 28 heavy (non-hydrogen) atoms. The number of phenolic OH excluding ortho intramolecular Hbond substituents is 1. The standard InChI is InChI=1S/C18H14BrN3O5S/c1-2-27-15-6-11(13(19)8-14(15)23)9-20-21-18(24)17-7-10-5-12(22(25)26)3-4-16(10)28-17/h3-9,23H,2H2,1H3,(H,21,24)/b20-9+. The molecule has 0 bridgehead atoms. The van der Waals surface area contributed by atoms with Gasteiger partial charge in [0.05, 0.1) is 22.6 Å². The lowest BCUT2D eigenvalue weighted by atomic mass is 10.2. The van der Waals surface area contributed by atoms with E-state index in [0.29, 0.717) is 32.7 Å². The molecular weight excluding hydrogens is 450 g/mol. The number of benzene rings is 2. The van der Waals surface area contributed by atoms with Crippen molar-refractivity contribution < 1.29 is 19.6 Å². The van der Waals surface area contributed by atoms with Crippen LogP contribution < -0.4 is 10.2 Å². The van der Waals surface area contributed by atoms with Gasteiger partial charge in [-0.05, 0) is 47.1 Å². The molecule has 3 rings (SSSR count). The van der Waals surface area contributed by atoms with Crippen LogP contribution in [0.5, 0.6) is 11.5 Å². The second-order valence-electron chi connectivity index (χ2n) is 5.56. The topological polar surface area (TPSA) is 114 Å². The summed E-state index contributed by atoms with van der Waals surface area (Å²) in [7, 11) is 0. The van der Waals surface area contributed by atoms with Gasteiger partial charge in [-0.1, -0.05) is 0 Å². The maximum absolute atomic E-state index is 12.3.